The standard InChI is InChI=1S/C8H6Cl2Se/c9-5-6-11-8-3-1-7(10)2-4-8/h1-6H/b6-5+. The summed E-state index contributed by atoms with van der Waals surface area (Å²) in [6, 6.07) is 7.81. The van der Waals surface area contributed by atoms with Crippen LogP contribution in [-0.2, 0) is 0 Å². The molecule has 0 aliphatic heterocycles. The van der Waals surface area contributed by atoms with Crippen LogP contribution < -0.4 is 4.46 Å². The fraction of sp³-hybridized carbons (Fsp3) is 0. The van der Waals surface area contributed by atoms with E-state index in [-0.39, 0.29) is 0 Å². The second kappa shape index (κ2) is 4.84. The molecule has 11 heavy (non-hydrogen) atoms. The quantitative estimate of drug-likeness (QED) is 0.709. The molecule has 0 N–H and O–H groups in total. The van der Waals surface area contributed by atoms with Gasteiger partial charge >= 0.3 is 82.4 Å². The molecule has 0 nitrogen and oxygen atoms in total. The Bertz CT molecular complexity index is 241. The molecule has 3 heteroatoms. The number of halogens is 2. The molecule has 0 radical (unpaired) electrons. The fourth-order valence-electron chi connectivity index (χ4n) is 0.617. The van der Waals surface area contributed by atoms with Crippen LogP contribution in [0.4, 0.5) is 0 Å². The number of benzene rings is 1. The molecule has 0 aliphatic rings. The van der Waals surface area contributed by atoms with Gasteiger partial charge in [-0.15, -0.1) is 0 Å². The van der Waals surface area contributed by atoms with Crippen molar-refractivity contribution in [2.24, 2.45) is 0 Å². The maximum absolute atomic E-state index is 5.71. The van der Waals surface area contributed by atoms with Crippen molar-refractivity contribution in [2.45, 2.75) is 0 Å². The van der Waals surface area contributed by atoms with Gasteiger partial charge in [0.05, 0.1) is 0 Å². The molecule has 0 atom stereocenters. The van der Waals surface area contributed by atoms with E-state index in [4.69, 9.17) is 23.2 Å². The van der Waals surface area contributed by atoms with Crippen molar-refractivity contribution < 1.29 is 0 Å². The molecule has 0 aromatic heterocycles. The van der Waals surface area contributed by atoms with Crippen LogP contribution in [0, 0.1) is 0 Å². The van der Waals surface area contributed by atoms with Crippen LogP contribution in [0.25, 0.3) is 0 Å². The second-order valence-electron chi connectivity index (χ2n) is 1.83. The van der Waals surface area contributed by atoms with Crippen molar-refractivity contribution in [1.82, 2.24) is 0 Å². The first-order chi connectivity index (χ1) is 5.33. The van der Waals surface area contributed by atoms with Gasteiger partial charge in [0, 0.05) is 0 Å². The summed E-state index contributed by atoms with van der Waals surface area (Å²) in [5.74, 6) is 0. The SMILES string of the molecule is Cl/C=C/[Se]c1ccc(Cl)cc1. The predicted molar refractivity (Wildman–Crippen MR) is 51.8 cm³/mol. The average Bonchev–Trinajstić information content (AvgIpc) is 2.04. The Morgan fingerprint density at radius 3 is 2.36 bits per heavy atom. The first kappa shape index (κ1) is 9.15. The molecule has 1 aromatic carbocycles. The van der Waals surface area contributed by atoms with Gasteiger partial charge in [0.15, 0.2) is 0 Å². The van der Waals surface area contributed by atoms with Crippen LogP contribution in [0.2, 0.25) is 5.02 Å². The first-order valence-corrected chi connectivity index (χ1v) is 5.66. The van der Waals surface area contributed by atoms with Gasteiger partial charge in [-0.25, -0.2) is 0 Å². The summed E-state index contributed by atoms with van der Waals surface area (Å²) in [7, 11) is 0. The molecule has 0 amide bonds. The van der Waals surface area contributed by atoms with Gasteiger partial charge in [-0.2, -0.15) is 0 Å². The van der Waals surface area contributed by atoms with Gasteiger partial charge < -0.3 is 0 Å². The summed E-state index contributed by atoms with van der Waals surface area (Å²) in [4.78, 5) is 1.96. The van der Waals surface area contributed by atoms with Crippen LogP contribution in [-0.4, -0.2) is 15.0 Å². The average molecular weight is 252 g/mol. The monoisotopic (exact) mass is 252 g/mol. The molecule has 1 aromatic rings. The Morgan fingerprint density at radius 2 is 1.82 bits per heavy atom. The van der Waals surface area contributed by atoms with Gasteiger partial charge in [0.25, 0.3) is 0 Å². The molecule has 1 rings (SSSR count). The summed E-state index contributed by atoms with van der Waals surface area (Å²) in [5, 5.41) is 0.777. The molecular formula is C8H6Cl2Se. The van der Waals surface area contributed by atoms with E-state index in [1.165, 1.54) is 4.46 Å². The Hall–Kier alpha value is 0.0595. The van der Waals surface area contributed by atoms with E-state index in [1.54, 1.807) is 5.54 Å². The van der Waals surface area contributed by atoms with E-state index in [0.29, 0.717) is 15.0 Å². The molecule has 0 heterocycles. The topological polar surface area (TPSA) is 0 Å². The van der Waals surface area contributed by atoms with Crippen LogP contribution in [0.3, 0.4) is 0 Å². The van der Waals surface area contributed by atoms with E-state index in [9.17, 15) is 0 Å². The Labute approximate surface area is 82.4 Å². The normalized spacial score (nSPS) is 10.7. The number of hydrogen-bond donors (Lipinski definition) is 0. The Kier molecular flexibility index (Phi) is 4.03. The van der Waals surface area contributed by atoms with Gasteiger partial charge in [0.1, 0.15) is 0 Å². The molecular weight excluding hydrogens is 246 g/mol. The van der Waals surface area contributed by atoms with E-state index >= 15 is 0 Å². The van der Waals surface area contributed by atoms with Gasteiger partial charge in [-0.1, -0.05) is 0 Å². The number of rotatable bonds is 2. The molecule has 0 aliphatic carbocycles. The summed E-state index contributed by atoms with van der Waals surface area (Å²) >= 11 is 11.4. The van der Waals surface area contributed by atoms with E-state index < -0.39 is 0 Å². The minimum atomic E-state index is 0.340. The molecule has 0 saturated heterocycles. The van der Waals surface area contributed by atoms with Crippen molar-refractivity contribution in [3.05, 3.63) is 39.8 Å². The molecule has 0 bridgehead atoms. The first-order valence-electron chi connectivity index (χ1n) is 3.00. The molecule has 0 unspecified atom stereocenters. The van der Waals surface area contributed by atoms with Gasteiger partial charge in [-0.05, 0) is 0 Å². The van der Waals surface area contributed by atoms with Gasteiger partial charge in [0.2, 0.25) is 0 Å². The third-order valence-corrected chi connectivity index (χ3v) is 3.50. The zero-order chi connectivity index (χ0) is 8.10. The molecule has 58 valence electrons. The van der Waals surface area contributed by atoms with Crippen LogP contribution in [0.15, 0.2) is 34.8 Å². The van der Waals surface area contributed by atoms with E-state index in [0.717, 1.165) is 5.02 Å². The fourth-order valence-corrected chi connectivity index (χ4v) is 2.06. The third kappa shape index (κ3) is 3.31. The van der Waals surface area contributed by atoms with Crippen molar-refractivity contribution in [2.75, 3.05) is 0 Å². The Balaban J connectivity index is 2.66. The number of hydrogen-bond acceptors (Lipinski definition) is 0. The van der Waals surface area contributed by atoms with Crippen LogP contribution >= 0.6 is 23.2 Å². The molecule has 0 fully saturated rings. The van der Waals surface area contributed by atoms with E-state index in [1.807, 2.05) is 29.2 Å². The zero-order valence-electron chi connectivity index (χ0n) is 5.63. The van der Waals surface area contributed by atoms with Crippen molar-refractivity contribution in [1.29, 1.82) is 0 Å². The summed E-state index contributed by atoms with van der Waals surface area (Å²) < 4.78 is 1.28. The minimum absolute atomic E-state index is 0.340. The zero-order valence-corrected chi connectivity index (χ0v) is 8.85. The van der Waals surface area contributed by atoms with Crippen LogP contribution in [0.1, 0.15) is 0 Å². The predicted octanol–water partition coefficient (Wildman–Crippen LogP) is 2.38. The second-order valence-corrected chi connectivity index (χ2v) is 4.58. The maximum atomic E-state index is 5.71. The van der Waals surface area contributed by atoms with Crippen molar-refractivity contribution in [3.63, 3.8) is 0 Å². The van der Waals surface area contributed by atoms with Crippen LogP contribution in [0.5, 0.6) is 0 Å². The molecule has 0 spiro atoms. The third-order valence-electron chi connectivity index (χ3n) is 1.07. The van der Waals surface area contributed by atoms with Crippen molar-refractivity contribution >= 4 is 42.6 Å². The summed E-state index contributed by atoms with van der Waals surface area (Å²) in [6.07, 6.45) is 0. The Morgan fingerprint density at radius 1 is 1.18 bits per heavy atom. The van der Waals surface area contributed by atoms with Gasteiger partial charge in [-0.3, -0.25) is 0 Å². The molecule has 0 saturated carbocycles. The van der Waals surface area contributed by atoms with E-state index in [2.05, 4.69) is 0 Å². The summed E-state index contributed by atoms with van der Waals surface area (Å²) in [6.45, 7) is 0. The summed E-state index contributed by atoms with van der Waals surface area (Å²) in [5.41, 5.74) is 1.55. The van der Waals surface area contributed by atoms with Crippen molar-refractivity contribution in [3.8, 4) is 0 Å².